The van der Waals surface area contributed by atoms with Gasteiger partial charge in [-0.25, -0.2) is 9.78 Å². The highest BCUT2D eigenvalue weighted by Gasteiger charge is 2.54. The van der Waals surface area contributed by atoms with Gasteiger partial charge in [0.05, 0.1) is 29.1 Å². The summed E-state index contributed by atoms with van der Waals surface area (Å²) in [6.45, 7) is 1.87. The number of ether oxygens (including phenoxy) is 3. The summed E-state index contributed by atoms with van der Waals surface area (Å²) in [5.74, 6) is -1.44. The zero-order valence-electron chi connectivity index (χ0n) is 16.3. The second-order valence-corrected chi connectivity index (χ2v) is 7.35. The number of hydrogen-bond acceptors (Lipinski definition) is 7. The average molecular weight is 408 g/mol. The van der Waals surface area contributed by atoms with Crippen molar-refractivity contribution in [1.29, 1.82) is 0 Å². The Bertz CT molecular complexity index is 1200. The summed E-state index contributed by atoms with van der Waals surface area (Å²) in [4.78, 5) is 31.0. The van der Waals surface area contributed by atoms with E-state index in [0.717, 1.165) is 0 Å². The topological polar surface area (TPSA) is 99.9 Å². The van der Waals surface area contributed by atoms with Gasteiger partial charge in [-0.3, -0.25) is 9.36 Å². The molecular weight excluding hydrogens is 388 g/mol. The number of rotatable bonds is 5. The molecule has 0 amide bonds. The number of aliphatic hydroxyl groups is 1. The molecule has 0 aliphatic carbocycles. The molecule has 3 aromatic rings. The van der Waals surface area contributed by atoms with Crippen molar-refractivity contribution in [1.82, 2.24) is 9.55 Å². The van der Waals surface area contributed by atoms with Gasteiger partial charge in [0.2, 0.25) is 0 Å². The van der Waals surface area contributed by atoms with Crippen LogP contribution in [0.4, 0.5) is 0 Å². The van der Waals surface area contributed by atoms with Crippen molar-refractivity contribution in [3.05, 3.63) is 70.3 Å². The lowest BCUT2D eigenvalue weighted by Crippen LogP contribution is -2.51. The summed E-state index contributed by atoms with van der Waals surface area (Å²) in [6, 6.07) is 14.2. The zero-order valence-corrected chi connectivity index (χ0v) is 16.3. The molecule has 2 aliphatic rings. The second kappa shape index (κ2) is 7.02. The first-order chi connectivity index (χ1) is 14.5. The van der Waals surface area contributed by atoms with E-state index >= 15 is 0 Å². The molecule has 0 spiro atoms. The molecule has 3 heterocycles. The van der Waals surface area contributed by atoms with Gasteiger partial charge in [-0.2, -0.15) is 0 Å². The van der Waals surface area contributed by atoms with Crippen LogP contribution in [0.1, 0.15) is 30.7 Å². The van der Waals surface area contributed by atoms with Gasteiger partial charge in [0.25, 0.3) is 5.56 Å². The maximum absolute atomic E-state index is 13.3. The molecule has 2 aromatic carbocycles. The van der Waals surface area contributed by atoms with Crippen molar-refractivity contribution in [2.24, 2.45) is 0 Å². The van der Waals surface area contributed by atoms with Crippen molar-refractivity contribution >= 4 is 16.9 Å². The molecule has 1 saturated heterocycles. The summed E-state index contributed by atoms with van der Waals surface area (Å²) < 4.78 is 17.3. The van der Waals surface area contributed by atoms with E-state index in [0.29, 0.717) is 22.2 Å². The molecule has 1 aromatic heterocycles. The average Bonchev–Trinajstić information content (AvgIpc) is 3.06. The van der Waals surface area contributed by atoms with E-state index in [2.05, 4.69) is 4.98 Å². The quantitative estimate of drug-likeness (QED) is 0.643. The summed E-state index contributed by atoms with van der Waals surface area (Å²) in [5, 5.41) is 12.2. The molecule has 2 aliphatic heterocycles. The third-order valence-corrected chi connectivity index (χ3v) is 5.64. The summed E-state index contributed by atoms with van der Waals surface area (Å²) >= 11 is 0. The van der Waals surface area contributed by atoms with E-state index in [1.165, 1.54) is 4.57 Å². The van der Waals surface area contributed by atoms with Gasteiger partial charge >= 0.3 is 5.97 Å². The molecule has 30 heavy (non-hydrogen) atoms. The van der Waals surface area contributed by atoms with Crippen LogP contribution in [0.2, 0.25) is 0 Å². The Labute approximate surface area is 171 Å². The minimum atomic E-state index is -2.03. The van der Waals surface area contributed by atoms with Crippen LogP contribution in [0.5, 0.6) is 0 Å². The molecular formula is C22H20N2O6. The van der Waals surface area contributed by atoms with Crippen molar-refractivity contribution < 1.29 is 24.1 Å². The predicted octanol–water partition coefficient (Wildman–Crippen LogP) is 1.85. The molecule has 2 atom stereocenters. The highest BCUT2D eigenvalue weighted by molar-refractivity contribution is 5.84. The highest BCUT2D eigenvalue weighted by atomic mass is 16.8. The molecule has 8 nitrogen and oxygen atoms in total. The summed E-state index contributed by atoms with van der Waals surface area (Å²) in [6.07, 6.45) is -0.888. The number of benzene rings is 2. The maximum atomic E-state index is 13.3. The SMILES string of the molecule is CCOC(=O)C(O)(CC1OCO1)C1c2ccccc2-n2c1nc1ccccc1c2=O. The molecule has 0 bridgehead atoms. The van der Waals surface area contributed by atoms with E-state index < -0.39 is 23.8 Å². The van der Waals surface area contributed by atoms with E-state index in [1.807, 2.05) is 0 Å². The van der Waals surface area contributed by atoms with Gasteiger partial charge < -0.3 is 19.3 Å². The third kappa shape index (κ3) is 2.68. The minimum Gasteiger partial charge on any atom is -0.464 e. The monoisotopic (exact) mass is 408 g/mol. The first-order valence-electron chi connectivity index (χ1n) is 9.78. The number of aromatic nitrogens is 2. The van der Waals surface area contributed by atoms with Crippen molar-refractivity contribution in [3.63, 3.8) is 0 Å². The lowest BCUT2D eigenvalue weighted by Gasteiger charge is -2.37. The van der Waals surface area contributed by atoms with Gasteiger partial charge in [-0.1, -0.05) is 30.3 Å². The van der Waals surface area contributed by atoms with Crippen LogP contribution in [-0.2, 0) is 19.0 Å². The fraction of sp³-hybridized carbons (Fsp3) is 0.318. The molecule has 8 heteroatoms. The van der Waals surface area contributed by atoms with Crippen LogP contribution in [0.15, 0.2) is 53.3 Å². The van der Waals surface area contributed by atoms with E-state index in [1.54, 1.807) is 55.5 Å². The molecule has 5 rings (SSSR count). The van der Waals surface area contributed by atoms with Crippen LogP contribution >= 0.6 is 0 Å². The number of carbonyl (C=O) groups excluding carboxylic acids is 1. The highest BCUT2D eigenvalue weighted by Crippen LogP contribution is 2.46. The van der Waals surface area contributed by atoms with Crippen LogP contribution in [0, 0.1) is 0 Å². The molecule has 0 saturated carbocycles. The minimum absolute atomic E-state index is 0.0971. The third-order valence-electron chi connectivity index (χ3n) is 5.64. The summed E-state index contributed by atoms with van der Waals surface area (Å²) in [7, 11) is 0. The lowest BCUT2D eigenvalue weighted by atomic mass is 9.79. The molecule has 0 radical (unpaired) electrons. The van der Waals surface area contributed by atoms with Gasteiger partial charge in [0, 0.05) is 6.42 Å². The number of fused-ring (bicyclic) bond motifs is 4. The smallest absolute Gasteiger partial charge is 0.339 e. The van der Waals surface area contributed by atoms with Crippen LogP contribution in [-0.4, -0.2) is 45.9 Å². The van der Waals surface area contributed by atoms with Crippen LogP contribution < -0.4 is 5.56 Å². The molecule has 1 N–H and O–H groups in total. The normalized spacial score (nSPS) is 19.6. The Balaban J connectivity index is 1.77. The Morgan fingerprint density at radius 2 is 1.97 bits per heavy atom. The largest absolute Gasteiger partial charge is 0.464 e. The summed E-state index contributed by atoms with van der Waals surface area (Å²) in [5.41, 5.74) is -0.592. The first-order valence-corrected chi connectivity index (χ1v) is 9.78. The van der Waals surface area contributed by atoms with Crippen molar-refractivity contribution in [2.45, 2.75) is 31.2 Å². The Hall–Kier alpha value is -3.07. The molecule has 2 unspecified atom stereocenters. The second-order valence-electron chi connectivity index (χ2n) is 7.35. The lowest BCUT2D eigenvalue weighted by molar-refractivity contribution is -0.332. The maximum Gasteiger partial charge on any atom is 0.339 e. The Morgan fingerprint density at radius 3 is 2.70 bits per heavy atom. The number of esters is 1. The van der Waals surface area contributed by atoms with Crippen LogP contribution in [0.3, 0.4) is 0 Å². The van der Waals surface area contributed by atoms with Crippen LogP contribution in [0.25, 0.3) is 16.6 Å². The molecule has 154 valence electrons. The van der Waals surface area contributed by atoms with Gasteiger partial charge in [0.1, 0.15) is 5.82 Å². The predicted molar refractivity (Wildman–Crippen MR) is 106 cm³/mol. The van der Waals surface area contributed by atoms with Gasteiger partial charge in [-0.15, -0.1) is 0 Å². The standard InChI is InChI=1S/C22H20N2O6/c1-2-28-21(26)22(27,11-17-29-12-30-17)18-14-8-4-6-10-16(14)24-19(18)23-15-9-5-3-7-13(15)20(24)25/h3-10,17-18,27H,2,11-12H2,1H3. The van der Waals surface area contributed by atoms with E-state index in [4.69, 9.17) is 14.2 Å². The number of carbonyl (C=O) groups is 1. The van der Waals surface area contributed by atoms with Crippen molar-refractivity contribution in [3.8, 4) is 5.69 Å². The zero-order chi connectivity index (χ0) is 20.9. The number of para-hydroxylation sites is 2. The van der Waals surface area contributed by atoms with E-state index in [9.17, 15) is 14.7 Å². The van der Waals surface area contributed by atoms with Gasteiger partial charge in [0.15, 0.2) is 18.7 Å². The van der Waals surface area contributed by atoms with E-state index in [-0.39, 0.29) is 31.2 Å². The fourth-order valence-electron chi connectivity index (χ4n) is 4.23. The Kier molecular flexibility index (Phi) is 4.43. The fourth-order valence-corrected chi connectivity index (χ4v) is 4.23. The number of nitrogens with zero attached hydrogens (tertiary/aromatic N) is 2. The van der Waals surface area contributed by atoms with Gasteiger partial charge in [-0.05, 0) is 30.7 Å². The first kappa shape index (κ1) is 18.9. The Morgan fingerprint density at radius 1 is 1.23 bits per heavy atom. The van der Waals surface area contributed by atoms with Crippen molar-refractivity contribution in [2.75, 3.05) is 13.4 Å². The molecule has 1 fully saturated rings. The number of hydrogen-bond donors (Lipinski definition) is 1.